The van der Waals surface area contributed by atoms with Crippen LogP contribution in [0.4, 0.5) is 29.3 Å². The molecule has 2 aliphatic heterocycles. The van der Waals surface area contributed by atoms with E-state index in [4.69, 9.17) is 38.8 Å². The predicted octanol–water partition coefficient (Wildman–Crippen LogP) is 6.15. The van der Waals surface area contributed by atoms with Crippen LogP contribution in [-0.4, -0.2) is 75.2 Å². The van der Waals surface area contributed by atoms with Crippen LogP contribution in [0.1, 0.15) is 49.8 Å². The monoisotopic (exact) mass is 771 g/mol. The Morgan fingerprint density at radius 1 is 0.980 bits per heavy atom. The highest BCUT2D eigenvalue weighted by molar-refractivity contribution is 7.93. The number of carbonyl (C=O) groups excluding carboxylic acids is 2. The maximum absolute atomic E-state index is 14.7. The second-order valence-corrected chi connectivity index (χ2v) is 14.3. The number of carboxylic acid groups (broad SMARTS) is 1. The van der Waals surface area contributed by atoms with Gasteiger partial charge in [-0.3, -0.25) is 15.0 Å². The van der Waals surface area contributed by atoms with Crippen molar-refractivity contribution in [1.82, 2.24) is 10.2 Å². The molecule has 0 saturated carbocycles. The van der Waals surface area contributed by atoms with E-state index in [0.29, 0.717) is 72.4 Å². The van der Waals surface area contributed by atoms with Crippen LogP contribution in [-0.2, 0) is 31.6 Å². The summed E-state index contributed by atoms with van der Waals surface area (Å²) in [5.41, 5.74) is 6.52. The molecule has 2 aliphatic rings. The number of aliphatic carboxylic acids is 1. The molecule has 0 saturated heterocycles. The van der Waals surface area contributed by atoms with Gasteiger partial charge in [0.2, 0.25) is 0 Å². The van der Waals surface area contributed by atoms with Gasteiger partial charge in [-0.05, 0) is 94.2 Å². The van der Waals surface area contributed by atoms with Crippen molar-refractivity contribution in [2.24, 2.45) is 5.73 Å². The summed E-state index contributed by atoms with van der Waals surface area (Å²) in [5, 5.41) is 11.2. The number of hydrogen-bond acceptors (Lipinski definition) is 7. The van der Waals surface area contributed by atoms with Gasteiger partial charge in [0.05, 0.1) is 10.6 Å². The first-order chi connectivity index (χ1) is 24.1. The van der Waals surface area contributed by atoms with Gasteiger partial charge < -0.3 is 15.7 Å². The number of anilines is 2. The molecular weight excluding hydrogens is 734 g/mol. The van der Waals surface area contributed by atoms with Crippen LogP contribution in [0, 0.1) is 0 Å². The number of carbonyl (C=O) groups is 3. The highest BCUT2D eigenvalue weighted by Crippen LogP contribution is 2.49. The highest BCUT2D eigenvalue weighted by Gasteiger charge is 2.56. The molecule has 3 amide bonds. The van der Waals surface area contributed by atoms with Crippen molar-refractivity contribution in [2.45, 2.75) is 56.1 Å². The van der Waals surface area contributed by atoms with Crippen LogP contribution in [0.2, 0.25) is 10.0 Å². The third-order valence-corrected chi connectivity index (χ3v) is 10.9. The number of nitrogens with two attached hydrogens (primary N) is 1. The molecular formula is C34H38Cl2F3N5O6S. The summed E-state index contributed by atoms with van der Waals surface area (Å²) < 4.78 is 61.5. The molecule has 0 radical (unpaired) electrons. The van der Waals surface area contributed by atoms with Crippen LogP contribution >= 0.6 is 23.2 Å². The molecule has 276 valence electrons. The molecule has 0 aromatic heterocycles. The fourth-order valence-corrected chi connectivity index (χ4v) is 8.09. The Bertz CT molecular complexity index is 1890. The van der Waals surface area contributed by atoms with Gasteiger partial charge in [-0.25, -0.2) is 22.3 Å². The molecule has 0 aliphatic carbocycles. The number of urea groups is 1. The number of alkyl halides is 3. The number of amides is 3. The number of sulfonamides is 1. The Labute approximate surface area is 304 Å². The van der Waals surface area contributed by atoms with E-state index in [0.717, 1.165) is 22.7 Å². The average Bonchev–Trinajstić information content (AvgIpc) is 3.61. The van der Waals surface area contributed by atoms with Crippen LogP contribution in [0.5, 0.6) is 0 Å². The number of hydrogen-bond donors (Lipinski definition) is 3. The number of rotatable bonds is 11. The van der Waals surface area contributed by atoms with E-state index in [-0.39, 0.29) is 16.6 Å². The van der Waals surface area contributed by atoms with Gasteiger partial charge in [-0.2, -0.15) is 13.2 Å². The minimum absolute atomic E-state index is 0.0412. The van der Waals surface area contributed by atoms with Gasteiger partial charge in [0, 0.05) is 46.5 Å². The van der Waals surface area contributed by atoms with Crippen molar-refractivity contribution in [2.75, 3.05) is 41.9 Å². The van der Waals surface area contributed by atoms with Crippen LogP contribution in [0.15, 0.2) is 65.6 Å². The highest BCUT2D eigenvalue weighted by atomic mass is 35.5. The molecule has 0 bridgehead atoms. The van der Waals surface area contributed by atoms with Crippen molar-refractivity contribution in [3.05, 3.63) is 87.4 Å². The minimum atomic E-state index is -5.08. The summed E-state index contributed by atoms with van der Waals surface area (Å²) in [4.78, 5) is 40.1. The third-order valence-electron chi connectivity index (χ3n) is 8.63. The van der Waals surface area contributed by atoms with Gasteiger partial charge in [0.25, 0.3) is 15.9 Å². The van der Waals surface area contributed by atoms with Crippen molar-refractivity contribution < 1.29 is 41.1 Å². The summed E-state index contributed by atoms with van der Waals surface area (Å²) in [6, 6.07) is 16.2. The second kappa shape index (κ2) is 16.2. The molecule has 0 fully saturated rings. The van der Waals surface area contributed by atoms with Crippen LogP contribution in [0.3, 0.4) is 0 Å². The van der Waals surface area contributed by atoms with Crippen LogP contribution in [0.25, 0.3) is 0 Å². The van der Waals surface area contributed by atoms with E-state index in [9.17, 15) is 31.2 Å². The molecule has 17 heteroatoms. The third kappa shape index (κ3) is 7.97. The van der Waals surface area contributed by atoms with Gasteiger partial charge in [0.15, 0.2) is 5.54 Å². The van der Waals surface area contributed by atoms with E-state index in [1.54, 1.807) is 64.4 Å². The van der Waals surface area contributed by atoms with Gasteiger partial charge in [-0.1, -0.05) is 47.8 Å². The first kappa shape index (κ1) is 39.9. The zero-order valence-electron chi connectivity index (χ0n) is 27.8. The normalized spacial score (nSPS) is 16.7. The number of nitrogens with zero attached hydrogens (tertiary/aromatic N) is 3. The molecule has 3 aromatic rings. The van der Waals surface area contributed by atoms with E-state index in [1.165, 1.54) is 6.07 Å². The van der Waals surface area contributed by atoms with Crippen molar-refractivity contribution >= 4 is 62.5 Å². The average molecular weight is 773 g/mol. The fraction of sp³-hybridized carbons (Fsp3) is 0.382. The SMILES string of the molecule is CCN(CC)C(=O)N1CCc2cc(S(=O)(=O)N3C(=O)C(NCCCCCN)(c4ccccc4Cl)c4cc(Cl)ccc43)ccc21.O=C(O)C(F)(F)F. The lowest BCUT2D eigenvalue weighted by Crippen LogP contribution is -2.53. The minimum Gasteiger partial charge on any atom is -0.475 e. The van der Waals surface area contributed by atoms with E-state index < -0.39 is 33.6 Å². The predicted molar refractivity (Wildman–Crippen MR) is 189 cm³/mol. The Morgan fingerprint density at radius 2 is 1.63 bits per heavy atom. The lowest BCUT2D eigenvalue weighted by Gasteiger charge is -2.31. The Hall–Kier alpha value is -3.89. The van der Waals surface area contributed by atoms with E-state index >= 15 is 0 Å². The second-order valence-electron chi connectivity index (χ2n) is 11.7. The fourth-order valence-electron chi connectivity index (χ4n) is 6.12. The quantitative estimate of drug-likeness (QED) is 0.196. The summed E-state index contributed by atoms with van der Waals surface area (Å²) in [7, 11) is -4.40. The summed E-state index contributed by atoms with van der Waals surface area (Å²) in [6.07, 6.45) is -2.20. The topological polar surface area (TPSA) is 153 Å². The van der Waals surface area contributed by atoms with Crippen molar-refractivity contribution in [3.8, 4) is 0 Å². The maximum Gasteiger partial charge on any atom is 0.490 e. The van der Waals surface area contributed by atoms with Gasteiger partial charge >= 0.3 is 18.2 Å². The lowest BCUT2D eigenvalue weighted by molar-refractivity contribution is -0.192. The molecule has 3 aromatic carbocycles. The number of fused-ring (bicyclic) bond motifs is 2. The first-order valence-electron chi connectivity index (χ1n) is 16.2. The Kier molecular flexibility index (Phi) is 12.7. The Balaban J connectivity index is 0.000000755. The molecule has 51 heavy (non-hydrogen) atoms. The zero-order chi connectivity index (χ0) is 37.7. The van der Waals surface area contributed by atoms with Crippen molar-refractivity contribution in [3.63, 3.8) is 0 Å². The zero-order valence-corrected chi connectivity index (χ0v) is 30.2. The maximum atomic E-state index is 14.7. The lowest BCUT2D eigenvalue weighted by atomic mass is 9.83. The molecule has 5 rings (SSSR count). The molecule has 0 spiro atoms. The molecule has 2 heterocycles. The smallest absolute Gasteiger partial charge is 0.475 e. The molecule has 4 N–H and O–H groups in total. The summed E-state index contributed by atoms with van der Waals surface area (Å²) in [5.74, 6) is -3.45. The summed E-state index contributed by atoms with van der Waals surface area (Å²) in [6.45, 7) is 6.40. The number of nitrogens with one attached hydrogen (secondary N) is 1. The van der Waals surface area contributed by atoms with Gasteiger partial charge in [-0.15, -0.1) is 0 Å². The summed E-state index contributed by atoms with van der Waals surface area (Å²) >= 11 is 13.2. The standard InChI is InChI=1S/C32H37Cl2N5O4S.C2HF3O2/c1-3-37(4-2)31(41)38-19-16-22-20-24(13-15-28(22)38)44(42,43)39-29-14-12-23(33)21-26(29)32(30(39)40,36-18-9-5-8-17-35)25-10-6-7-11-27(25)34;3-2(4,5)1(6)7/h6-7,10-15,20-21,36H,3-5,8-9,16-19,35H2,1-2H3;(H,6,7). The van der Waals surface area contributed by atoms with Gasteiger partial charge in [0.1, 0.15) is 0 Å². The Morgan fingerprint density at radius 3 is 2.24 bits per heavy atom. The number of benzene rings is 3. The largest absolute Gasteiger partial charge is 0.490 e. The van der Waals surface area contributed by atoms with Crippen molar-refractivity contribution in [1.29, 1.82) is 0 Å². The number of carboxylic acids is 1. The van der Waals surface area contributed by atoms with E-state index in [2.05, 4.69) is 5.32 Å². The molecule has 11 nitrogen and oxygen atoms in total. The first-order valence-corrected chi connectivity index (χ1v) is 18.3. The number of unbranched alkanes of at least 4 members (excludes halogenated alkanes) is 2. The molecule has 1 unspecified atom stereocenters. The number of halogens is 5. The van der Waals surface area contributed by atoms with Crippen LogP contribution < -0.4 is 20.3 Å². The van der Waals surface area contributed by atoms with E-state index in [1.807, 2.05) is 13.8 Å². The molecule has 1 atom stereocenters.